The van der Waals surface area contributed by atoms with E-state index in [1.165, 1.54) is 10.6 Å². The summed E-state index contributed by atoms with van der Waals surface area (Å²) < 4.78 is 12.0. The maximum absolute atomic E-state index is 13.6. The van der Waals surface area contributed by atoms with E-state index in [0.717, 1.165) is 23.5 Å². The van der Waals surface area contributed by atoms with E-state index in [1.807, 2.05) is 6.07 Å². The van der Waals surface area contributed by atoms with E-state index in [1.54, 1.807) is 45.0 Å². The number of rotatable bonds is 7. The average molecular weight is 509 g/mol. The molecule has 1 aromatic heterocycles. The Morgan fingerprint density at radius 3 is 2.58 bits per heavy atom. The molecule has 1 aliphatic rings. The molecule has 1 aliphatic heterocycles. The van der Waals surface area contributed by atoms with Crippen LogP contribution in [0.25, 0.3) is 6.08 Å². The first-order valence-corrected chi connectivity index (χ1v) is 11.9. The van der Waals surface area contributed by atoms with Crippen molar-refractivity contribution in [3.8, 4) is 11.5 Å². The van der Waals surface area contributed by atoms with Gasteiger partial charge in [-0.15, -0.1) is 0 Å². The maximum atomic E-state index is 13.6. The van der Waals surface area contributed by atoms with Crippen LogP contribution in [0.3, 0.4) is 0 Å². The number of non-ortho nitro benzene ring substituents is 1. The van der Waals surface area contributed by atoms with E-state index in [2.05, 4.69) is 4.99 Å². The van der Waals surface area contributed by atoms with Crippen LogP contribution in [-0.2, 0) is 9.53 Å². The molecule has 3 aromatic rings. The van der Waals surface area contributed by atoms with Gasteiger partial charge in [-0.1, -0.05) is 47.4 Å². The number of carbonyl (C=O) groups is 1. The third kappa shape index (κ3) is 4.52. The van der Waals surface area contributed by atoms with Crippen LogP contribution in [0.4, 0.5) is 5.69 Å². The highest BCUT2D eigenvalue weighted by molar-refractivity contribution is 7.07. The Morgan fingerprint density at radius 2 is 1.94 bits per heavy atom. The van der Waals surface area contributed by atoms with Gasteiger partial charge in [0.05, 0.1) is 46.0 Å². The molecule has 10 nitrogen and oxygen atoms in total. The normalized spacial score (nSPS) is 15.3. The van der Waals surface area contributed by atoms with E-state index in [-0.39, 0.29) is 40.3 Å². The van der Waals surface area contributed by atoms with Gasteiger partial charge >= 0.3 is 5.97 Å². The first-order chi connectivity index (χ1) is 17.3. The van der Waals surface area contributed by atoms with Gasteiger partial charge in [0.25, 0.3) is 11.2 Å². The van der Waals surface area contributed by atoms with Gasteiger partial charge < -0.3 is 14.6 Å². The lowest BCUT2D eigenvalue weighted by atomic mass is 9.96. The summed E-state index contributed by atoms with van der Waals surface area (Å²) in [7, 11) is 0. The van der Waals surface area contributed by atoms with Gasteiger partial charge in [-0.3, -0.25) is 19.5 Å². The van der Waals surface area contributed by atoms with Crippen molar-refractivity contribution < 1.29 is 24.3 Å². The van der Waals surface area contributed by atoms with Gasteiger partial charge in [0, 0.05) is 6.07 Å². The minimum atomic E-state index is -0.792. The van der Waals surface area contributed by atoms with E-state index in [9.17, 15) is 24.8 Å². The molecule has 1 atom stereocenters. The van der Waals surface area contributed by atoms with Crippen molar-refractivity contribution in [1.29, 1.82) is 0 Å². The molecular formula is C25H22N3O7S-. The number of hydrogen-bond acceptors (Lipinski definition) is 9. The second-order valence-electron chi connectivity index (χ2n) is 7.77. The van der Waals surface area contributed by atoms with Gasteiger partial charge in [0.2, 0.25) is 0 Å². The van der Waals surface area contributed by atoms with Crippen molar-refractivity contribution in [3.05, 3.63) is 94.7 Å². The average Bonchev–Trinajstić information content (AvgIpc) is 3.15. The Morgan fingerprint density at radius 1 is 1.22 bits per heavy atom. The third-order valence-electron chi connectivity index (χ3n) is 5.50. The summed E-state index contributed by atoms with van der Waals surface area (Å²) in [5.74, 6) is -1.33. The molecule has 11 heteroatoms. The Labute approximate surface area is 209 Å². The van der Waals surface area contributed by atoms with Gasteiger partial charge in [0.1, 0.15) is 5.75 Å². The zero-order valence-corrected chi connectivity index (χ0v) is 20.5. The molecule has 0 saturated carbocycles. The molecule has 0 radical (unpaired) electrons. The van der Waals surface area contributed by atoms with Crippen LogP contribution in [0.15, 0.2) is 63.5 Å². The smallest absolute Gasteiger partial charge is 0.338 e. The summed E-state index contributed by atoms with van der Waals surface area (Å²) in [5, 5.41) is 24.3. The molecule has 0 spiro atoms. The molecule has 2 heterocycles. The van der Waals surface area contributed by atoms with Gasteiger partial charge in [-0.2, -0.15) is 0 Å². The maximum Gasteiger partial charge on any atom is 0.338 e. The minimum Gasteiger partial charge on any atom is -0.870 e. The first kappa shape index (κ1) is 24.9. The summed E-state index contributed by atoms with van der Waals surface area (Å²) in [4.78, 5) is 42.1. The molecular weight excluding hydrogens is 486 g/mol. The molecule has 0 fully saturated rings. The van der Waals surface area contributed by atoms with Crippen molar-refractivity contribution in [2.45, 2.75) is 26.8 Å². The molecule has 186 valence electrons. The fourth-order valence-electron chi connectivity index (χ4n) is 3.97. The zero-order chi connectivity index (χ0) is 26.0. The molecule has 4 rings (SSSR count). The number of allylic oxidation sites excluding steroid dienone is 1. The lowest BCUT2D eigenvalue weighted by molar-refractivity contribution is -0.385. The summed E-state index contributed by atoms with van der Waals surface area (Å²) >= 11 is 1.02. The fraction of sp³-hybridized carbons (Fsp3) is 0.240. The number of nitrogens with zero attached hydrogens (tertiary/aromatic N) is 3. The molecule has 0 amide bonds. The molecule has 0 saturated heterocycles. The predicted molar refractivity (Wildman–Crippen MR) is 131 cm³/mol. The number of thiazole rings is 1. The van der Waals surface area contributed by atoms with Gasteiger partial charge in [-0.05, 0) is 38.0 Å². The molecule has 0 bridgehead atoms. The Bertz CT molecular complexity index is 1550. The Kier molecular flexibility index (Phi) is 7.02. The van der Waals surface area contributed by atoms with Crippen molar-refractivity contribution in [2.24, 2.45) is 4.99 Å². The van der Waals surface area contributed by atoms with Crippen LogP contribution in [0.5, 0.6) is 11.5 Å². The monoisotopic (exact) mass is 508 g/mol. The standard InChI is InChI=1S/C25H23N3O7S/c1-4-34-18-13-17(28(32)33)11-16(22(18)29)12-19-23(30)27-21(15-9-7-6-8-10-15)20(24(31)35-5-2)14(3)26-25(27)36-19/h6-13,21,29H,4-5H2,1-3H3/p-1/b19-12-/t21-/m0/s1. The van der Waals surface area contributed by atoms with Crippen LogP contribution >= 0.6 is 11.3 Å². The number of esters is 1. The van der Waals surface area contributed by atoms with E-state index >= 15 is 0 Å². The van der Waals surface area contributed by atoms with Crippen LogP contribution < -0.4 is 24.7 Å². The quantitative estimate of drug-likeness (QED) is 0.271. The fourth-order valence-corrected chi connectivity index (χ4v) is 5.00. The van der Waals surface area contributed by atoms with Crippen molar-refractivity contribution in [3.63, 3.8) is 0 Å². The van der Waals surface area contributed by atoms with Crippen LogP contribution in [-0.4, -0.2) is 28.7 Å². The molecule has 36 heavy (non-hydrogen) atoms. The van der Waals surface area contributed by atoms with Crippen molar-refractivity contribution in [2.75, 3.05) is 13.2 Å². The van der Waals surface area contributed by atoms with E-state index < -0.39 is 28.2 Å². The second-order valence-corrected chi connectivity index (χ2v) is 8.77. The predicted octanol–water partition coefficient (Wildman–Crippen LogP) is 2.18. The van der Waals surface area contributed by atoms with Crippen LogP contribution in [0, 0.1) is 10.1 Å². The first-order valence-electron chi connectivity index (χ1n) is 11.1. The summed E-state index contributed by atoms with van der Waals surface area (Å²) in [6, 6.07) is 10.4. The zero-order valence-electron chi connectivity index (χ0n) is 19.7. The Hall–Kier alpha value is -4.25. The highest BCUT2D eigenvalue weighted by Crippen LogP contribution is 2.33. The lowest BCUT2D eigenvalue weighted by Crippen LogP contribution is -2.39. The number of fused-ring (bicyclic) bond motifs is 1. The van der Waals surface area contributed by atoms with E-state index in [4.69, 9.17) is 9.47 Å². The van der Waals surface area contributed by atoms with Crippen LogP contribution in [0.1, 0.15) is 37.9 Å². The van der Waals surface area contributed by atoms with Crippen LogP contribution in [0.2, 0.25) is 0 Å². The number of nitro benzene ring substituents is 1. The topological polar surface area (TPSA) is 136 Å². The lowest BCUT2D eigenvalue weighted by Gasteiger charge is -2.24. The van der Waals surface area contributed by atoms with E-state index in [0.29, 0.717) is 16.1 Å². The number of aromatic nitrogens is 1. The largest absolute Gasteiger partial charge is 0.870 e. The van der Waals surface area contributed by atoms with Gasteiger partial charge in [-0.25, -0.2) is 9.79 Å². The molecule has 0 N–H and O–H groups in total. The summed E-state index contributed by atoms with van der Waals surface area (Å²) in [6.07, 6.45) is 1.30. The minimum absolute atomic E-state index is 0.0597. The van der Waals surface area contributed by atoms with Crippen molar-refractivity contribution in [1.82, 2.24) is 4.57 Å². The molecule has 0 aliphatic carbocycles. The highest BCUT2D eigenvalue weighted by atomic mass is 32.1. The summed E-state index contributed by atoms with van der Waals surface area (Å²) in [6.45, 7) is 5.32. The number of carbonyl (C=O) groups excluding carboxylic acids is 1. The number of nitro groups is 1. The molecule has 0 unspecified atom stereocenters. The molecule has 2 aromatic carbocycles. The number of ether oxygens (including phenoxy) is 2. The Balaban J connectivity index is 1.97. The third-order valence-corrected chi connectivity index (χ3v) is 6.48. The van der Waals surface area contributed by atoms with Gasteiger partial charge in [0.15, 0.2) is 4.80 Å². The van der Waals surface area contributed by atoms with Crippen molar-refractivity contribution >= 4 is 29.1 Å². The second kappa shape index (κ2) is 10.2. The highest BCUT2D eigenvalue weighted by Gasteiger charge is 2.33. The number of hydrogen-bond donors (Lipinski definition) is 0. The number of benzene rings is 2. The SMILES string of the molecule is CCOC(=O)C1=C(C)N=c2s/c(=C\c3cc([N+](=O)[O-])cc(OCC)c3[O-])c(=O)n2[C@H]1c1ccccc1. The summed E-state index contributed by atoms with van der Waals surface area (Å²) in [5.41, 5.74) is 0.441.